The number of amides is 3. The highest BCUT2D eigenvalue weighted by molar-refractivity contribution is 6.01. The van der Waals surface area contributed by atoms with Crippen LogP contribution in [-0.4, -0.2) is 106 Å². The summed E-state index contributed by atoms with van der Waals surface area (Å²) >= 11 is 0. The van der Waals surface area contributed by atoms with Gasteiger partial charge in [0.05, 0.1) is 18.2 Å². The zero-order valence-corrected chi connectivity index (χ0v) is 24.8. The van der Waals surface area contributed by atoms with E-state index < -0.39 is 90.1 Å². The fourth-order valence-corrected chi connectivity index (χ4v) is 4.12. The minimum Gasteiger partial charge on any atom is -0.478 e. The number of aliphatic imine (C=N–C) groups is 1. The molecule has 2 aliphatic rings. The Balaban J connectivity index is 2.49. The van der Waals surface area contributed by atoms with Crippen molar-refractivity contribution in [2.45, 2.75) is 109 Å². The molecule has 0 spiro atoms. The number of rotatable bonds is 8. The quantitative estimate of drug-likeness (QED) is 0.0914. The van der Waals surface area contributed by atoms with Gasteiger partial charge in [0.2, 0.25) is 23.9 Å². The Kier molecular flexibility index (Phi) is 12.7. The number of aliphatic carboxylic acids is 1. The number of esters is 1. The molecule has 1 saturated heterocycles. The molecule has 0 saturated carbocycles. The molecule has 1 unspecified atom stereocenters. The van der Waals surface area contributed by atoms with Crippen molar-refractivity contribution >= 4 is 36.0 Å². The van der Waals surface area contributed by atoms with Gasteiger partial charge in [-0.3, -0.25) is 20.2 Å². The predicted molar refractivity (Wildman–Crippen MR) is 145 cm³/mol. The summed E-state index contributed by atoms with van der Waals surface area (Å²) in [5, 5.41) is 37.5. The van der Waals surface area contributed by atoms with Gasteiger partial charge in [-0.1, -0.05) is 6.92 Å². The number of guanidine groups is 1. The Hall–Kier alpha value is -3.96. The summed E-state index contributed by atoms with van der Waals surface area (Å²) in [4.78, 5) is 65.4. The van der Waals surface area contributed by atoms with Crippen molar-refractivity contribution < 1.29 is 63.0 Å². The van der Waals surface area contributed by atoms with Gasteiger partial charge in [0, 0.05) is 26.9 Å². The van der Waals surface area contributed by atoms with Crippen LogP contribution in [0.2, 0.25) is 0 Å². The van der Waals surface area contributed by atoms with Crippen LogP contribution in [0.3, 0.4) is 0 Å². The van der Waals surface area contributed by atoms with E-state index in [1.54, 1.807) is 27.7 Å². The SMILES string of the molecule is CCCC(=O)OC(C)OC(=O)NC(=N[C@H]1C=C(C(=O)O)O[C@@H]([C@@H]2OCC[C@@H](O)[C@H]2O)[C@@H]1NC(C)=O)NC(=O)OC(C)(C)C. The van der Waals surface area contributed by atoms with Crippen LogP contribution in [0.1, 0.15) is 60.8 Å². The number of nitrogens with one attached hydrogen (secondary N) is 3. The maximum absolute atomic E-state index is 12.7. The molecule has 0 bridgehead atoms. The summed E-state index contributed by atoms with van der Waals surface area (Å²) in [6.07, 6.45) is -7.36. The summed E-state index contributed by atoms with van der Waals surface area (Å²) in [6.45, 7) is 8.95. The number of hydrogen-bond donors (Lipinski definition) is 6. The first kappa shape index (κ1) is 35.2. The molecule has 6 N–H and O–H groups in total. The van der Waals surface area contributed by atoms with Gasteiger partial charge in [-0.15, -0.1) is 0 Å². The molecule has 17 heteroatoms. The highest BCUT2D eigenvalue weighted by atomic mass is 16.7. The van der Waals surface area contributed by atoms with E-state index in [0.29, 0.717) is 6.42 Å². The number of carboxylic acid groups (broad SMARTS) is 1. The van der Waals surface area contributed by atoms with E-state index in [-0.39, 0.29) is 19.4 Å². The molecule has 0 aromatic carbocycles. The maximum Gasteiger partial charge on any atom is 0.417 e. The normalized spacial score (nSPS) is 26.5. The highest BCUT2D eigenvalue weighted by Gasteiger charge is 2.48. The molecule has 0 radical (unpaired) electrons. The first-order chi connectivity index (χ1) is 20.0. The predicted octanol–water partition coefficient (Wildman–Crippen LogP) is 0.0339. The summed E-state index contributed by atoms with van der Waals surface area (Å²) in [5.74, 6) is -3.99. The van der Waals surface area contributed by atoms with E-state index in [9.17, 15) is 39.3 Å². The summed E-state index contributed by atoms with van der Waals surface area (Å²) in [5.41, 5.74) is -0.966. The van der Waals surface area contributed by atoms with Crippen molar-refractivity contribution in [1.82, 2.24) is 16.0 Å². The van der Waals surface area contributed by atoms with Crippen molar-refractivity contribution in [3.05, 3.63) is 11.8 Å². The largest absolute Gasteiger partial charge is 0.478 e. The average Bonchev–Trinajstić information content (AvgIpc) is 2.85. The number of nitrogens with zero attached hydrogens (tertiary/aromatic N) is 1. The van der Waals surface area contributed by atoms with Gasteiger partial charge in [0.25, 0.3) is 0 Å². The topological polar surface area (TPSA) is 241 Å². The van der Waals surface area contributed by atoms with Crippen molar-refractivity contribution in [3.8, 4) is 0 Å². The summed E-state index contributed by atoms with van der Waals surface area (Å²) in [7, 11) is 0. The molecule has 1 fully saturated rings. The lowest BCUT2D eigenvalue weighted by atomic mass is 9.88. The first-order valence-corrected chi connectivity index (χ1v) is 13.6. The Morgan fingerprint density at radius 1 is 1.09 bits per heavy atom. The van der Waals surface area contributed by atoms with Crippen LogP contribution in [0.25, 0.3) is 0 Å². The van der Waals surface area contributed by atoms with Crippen molar-refractivity contribution in [1.29, 1.82) is 0 Å². The second-order valence-corrected chi connectivity index (χ2v) is 10.8. The molecule has 2 aliphatic heterocycles. The number of ether oxygens (including phenoxy) is 5. The number of aliphatic hydroxyl groups is 2. The van der Waals surface area contributed by atoms with Crippen LogP contribution >= 0.6 is 0 Å². The van der Waals surface area contributed by atoms with Gasteiger partial charge < -0.3 is 44.3 Å². The number of aliphatic hydroxyl groups excluding tert-OH is 2. The number of carbonyl (C=O) groups is 5. The smallest absolute Gasteiger partial charge is 0.417 e. The van der Waals surface area contributed by atoms with Crippen molar-refractivity contribution in [3.63, 3.8) is 0 Å². The number of alkyl carbamates (subject to hydrolysis) is 2. The lowest BCUT2D eigenvalue weighted by Crippen LogP contribution is -2.62. The van der Waals surface area contributed by atoms with Crippen LogP contribution in [0.5, 0.6) is 0 Å². The maximum atomic E-state index is 12.7. The molecule has 3 amide bonds. The fourth-order valence-electron chi connectivity index (χ4n) is 4.12. The van der Waals surface area contributed by atoms with Crippen LogP contribution in [0.4, 0.5) is 9.59 Å². The molecule has 0 aromatic rings. The Bertz CT molecular complexity index is 1100. The molecule has 0 aromatic heterocycles. The zero-order chi connectivity index (χ0) is 32.5. The number of carboxylic acids is 1. The second-order valence-electron chi connectivity index (χ2n) is 10.8. The van der Waals surface area contributed by atoms with E-state index in [1.807, 2.05) is 0 Å². The van der Waals surface area contributed by atoms with Crippen molar-refractivity contribution in [2.75, 3.05) is 6.61 Å². The van der Waals surface area contributed by atoms with E-state index >= 15 is 0 Å². The molecule has 242 valence electrons. The monoisotopic (exact) mass is 616 g/mol. The number of carbonyl (C=O) groups excluding carboxylic acids is 4. The molecule has 2 heterocycles. The lowest BCUT2D eigenvalue weighted by molar-refractivity contribution is -0.185. The summed E-state index contributed by atoms with van der Waals surface area (Å²) < 4.78 is 26.4. The van der Waals surface area contributed by atoms with E-state index in [2.05, 4.69) is 20.9 Å². The molecule has 7 atom stereocenters. The zero-order valence-electron chi connectivity index (χ0n) is 24.8. The lowest BCUT2D eigenvalue weighted by Gasteiger charge is -2.43. The number of hydrogen-bond acceptors (Lipinski definition) is 13. The van der Waals surface area contributed by atoms with Crippen LogP contribution in [0.15, 0.2) is 16.8 Å². The highest BCUT2D eigenvalue weighted by Crippen LogP contribution is 2.29. The molecule has 0 aliphatic carbocycles. The fraction of sp³-hybridized carbons (Fsp3) is 0.692. The summed E-state index contributed by atoms with van der Waals surface area (Å²) in [6, 6.07) is -2.61. The Morgan fingerprint density at radius 3 is 2.33 bits per heavy atom. The van der Waals surface area contributed by atoms with Gasteiger partial charge >= 0.3 is 24.1 Å². The van der Waals surface area contributed by atoms with Crippen LogP contribution < -0.4 is 16.0 Å². The molecular formula is C26H40N4O13. The van der Waals surface area contributed by atoms with Gasteiger partial charge in [0.1, 0.15) is 17.8 Å². The average molecular weight is 617 g/mol. The van der Waals surface area contributed by atoms with Crippen LogP contribution in [-0.2, 0) is 38.1 Å². The molecular weight excluding hydrogens is 576 g/mol. The second kappa shape index (κ2) is 15.5. The van der Waals surface area contributed by atoms with Gasteiger partial charge in [-0.05, 0) is 39.7 Å². The third-order valence-electron chi connectivity index (χ3n) is 5.81. The van der Waals surface area contributed by atoms with E-state index in [4.69, 9.17) is 23.7 Å². The van der Waals surface area contributed by atoms with Crippen LogP contribution in [0, 0.1) is 0 Å². The minimum absolute atomic E-state index is 0.00451. The molecule has 2 rings (SSSR count). The molecule has 43 heavy (non-hydrogen) atoms. The van der Waals surface area contributed by atoms with E-state index in [0.717, 1.165) is 13.0 Å². The van der Waals surface area contributed by atoms with Crippen molar-refractivity contribution in [2.24, 2.45) is 4.99 Å². The first-order valence-electron chi connectivity index (χ1n) is 13.6. The third-order valence-corrected chi connectivity index (χ3v) is 5.81. The Labute approximate surface area is 247 Å². The Morgan fingerprint density at radius 2 is 1.74 bits per heavy atom. The third kappa shape index (κ3) is 11.3. The van der Waals surface area contributed by atoms with E-state index in [1.165, 1.54) is 6.92 Å². The minimum atomic E-state index is -1.53. The van der Waals surface area contributed by atoms with Gasteiger partial charge in [-0.2, -0.15) is 0 Å². The van der Waals surface area contributed by atoms with Gasteiger partial charge in [0.15, 0.2) is 6.10 Å². The van der Waals surface area contributed by atoms with Gasteiger partial charge in [-0.25, -0.2) is 19.4 Å². The standard InChI is InChI=1S/C26H40N4O13/c1-7-8-17(33)40-13(3)41-24(37)29-23(30-25(38)43-26(4,5)6)28-14-11-16(22(35)36)42-20(18(14)27-12(2)31)21-19(34)15(32)9-10-39-21/h11,13-15,18-21,32,34H,7-10H2,1-6H3,(H,27,31)(H,35,36)(H2,28,29,30,37,38)/t13?,14-,15+,18+,19+,20+,21+/m0/s1. The molecule has 17 nitrogen and oxygen atoms in total.